The number of nitrogens with one attached hydrogen (secondary N) is 1. The molecule has 26 heavy (non-hydrogen) atoms. The highest BCUT2D eigenvalue weighted by Crippen LogP contribution is 2.32. The Labute approximate surface area is 164 Å². The molecule has 0 atom stereocenters. The lowest BCUT2D eigenvalue weighted by Crippen LogP contribution is -2.42. The summed E-state index contributed by atoms with van der Waals surface area (Å²) in [6.45, 7) is 5.43. The molecule has 6 heteroatoms. The molecule has 0 bridgehead atoms. The zero-order valence-electron chi connectivity index (χ0n) is 14.9. The van der Waals surface area contributed by atoms with E-state index in [2.05, 4.69) is 10.2 Å². The summed E-state index contributed by atoms with van der Waals surface area (Å²) >= 11 is 12.0. The molecule has 0 unspecified atom stereocenters. The predicted molar refractivity (Wildman–Crippen MR) is 108 cm³/mol. The van der Waals surface area contributed by atoms with Crippen LogP contribution in [0.3, 0.4) is 0 Å². The molecule has 0 radical (unpaired) electrons. The van der Waals surface area contributed by atoms with E-state index in [9.17, 15) is 4.79 Å². The smallest absolute Gasteiger partial charge is 0.268 e. The van der Waals surface area contributed by atoms with E-state index in [1.807, 2.05) is 12.1 Å². The maximum Gasteiger partial charge on any atom is 0.268 e. The number of carbonyl (C=O) groups is 1. The minimum Gasteiger partial charge on any atom is -0.478 e. The lowest BCUT2D eigenvalue weighted by molar-refractivity contribution is -0.128. The summed E-state index contributed by atoms with van der Waals surface area (Å²) in [5.41, 5.74) is 0.637. The molecular formula is C20H22Cl2N2O2. The molecule has 1 heterocycles. The van der Waals surface area contributed by atoms with Crippen LogP contribution in [0, 0.1) is 0 Å². The molecule has 0 aromatic heterocycles. The Balaban J connectivity index is 1.77. The first-order chi connectivity index (χ1) is 12.3. The van der Waals surface area contributed by atoms with Gasteiger partial charge in [-0.1, -0.05) is 23.2 Å². The number of nitrogens with zero attached hydrogens (tertiary/aromatic N) is 1. The second-order valence-corrected chi connectivity index (χ2v) is 7.75. The molecule has 1 N–H and O–H groups in total. The minimum absolute atomic E-state index is 0.241. The van der Waals surface area contributed by atoms with Crippen LogP contribution in [0.15, 0.2) is 42.5 Å². The van der Waals surface area contributed by atoms with Gasteiger partial charge in [-0.15, -0.1) is 0 Å². The molecule has 2 aromatic rings. The number of amides is 1. The fourth-order valence-corrected chi connectivity index (χ4v) is 3.26. The second-order valence-electron chi connectivity index (χ2n) is 6.88. The van der Waals surface area contributed by atoms with Crippen molar-refractivity contribution < 1.29 is 9.53 Å². The SMILES string of the molecule is CC(C)(Oc1ccc(Cl)cc1)C(=O)Nc1cc(Cl)ccc1N1CCCC1. The lowest BCUT2D eigenvalue weighted by atomic mass is 10.1. The summed E-state index contributed by atoms with van der Waals surface area (Å²) in [4.78, 5) is 15.1. The van der Waals surface area contributed by atoms with Crippen molar-refractivity contribution in [1.82, 2.24) is 0 Å². The number of anilines is 2. The lowest BCUT2D eigenvalue weighted by Gasteiger charge is -2.27. The van der Waals surface area contributed by atoms with Gasteiger partial charge >= 0.3 is 0 Å². The Morgan fingerprint density at radius 3 is 2.31 bits per heavy atom. The van der Waals surface area contributed by atoms with Gasteiger partial charge in [-0.05, 0) is 69.2 Å². The number of benzene rings is 2. The number of hydrogen-bond acceptors (Lipinski definition) is 3. The summed E-state index contributed by atoms with van der Waals surface area (Å²) in [6.07, 6.45) is 2.31. The van der Waals surface area contributed by atoms with Crippen molar-refractivity contribution in [3.8, 4) is 5.75 Å². The van der Waals surface area contributed by atoms with Gasteiger partial charge in [-0.3, -0.25) is 4.79 Å². The molecule has 4 nitrogen and oxygen atoms in total. The van der Waals surface area contributed by atoms with Gasteiger partial charge in [0.05, 0.1) is 11.4 Å². The zero-order chi connectivity index (χ0) is 18.7. The zero-order valence-corrected chi connectivity index (χ0v) is 16.4. The fourth-order valence-electron chi connectivity index (χ4n) is 2.96. The summed E-state index contributed by atoms with van der Waals surface area (Å²) < 4.78 is 5.87. The van der Waals surface area contributed by atoms with E-state index in [-0.39, 0.29) is 5.91 Å². The third kappa shape index (κ3) is 4.43. The van der Waals surface area contributed by atoms with Crippen LogP contribution in [0.4, 0.5) is 11.4 Å². The highest BCUT2D eigenvalue weighted by molar-refractivity contribution is 6.31. The van der Waals surface area contributed by atoms with Crippen LogP contribution in [0.2, 0.25) is 10.0 Å². The summed E-state index contributed by atoms with van der Waals surface area (Å²) in [6, 6.07) is 12.5. The van der Waals surface area contributed by atoms with Crippen LogP contribution in [0.25, 0.3) is 0 Å². The van der Waals surface area contributed by atoms with Crippen LogP contribution in [0.5, 0.6) is 5.75 Å². The first-order valence-electron chi connectivity index (χ1n) is 8.66. The molecule has 1 fully saturated rings. The van der Waals surface area contributed by atoms with E-state index in [0.717, 1.165) is 31.6 Å². The monoisotopic (exact) mass is 392 g/mol. The van der Waals surface area contributed by atoms with Crippen LogP contribution in [0.1, 0.15) is 26.7 Å². The molecule has 1 amide bonds. The predicted octanol–water partition coefficient (Wildman–Crippen LogP) is 5.39. The van der Waals surface area contributed by atoms with Crippen LogP contribution >= 0.6 is 23.2 Å². The minimum atomic E-state index is -1.06. The number of halogens is 2. The van der Waals surface area contributed by atoms with Crippen LogP contribution in [-0.4, -0.2) is 24.6 Å². The number of carbonyl (C=O) groups excluding carboxylic acids is 1. The molecule has 3 rings (SSSR count). The summed E-state index contributed by atoms with van der Waals surface area (Å²) in [5, 5.41) is 4.19. The maximum absolute atomic E-state index is 12.9. The second kappa shape index (κ2) is 7.77. The van der Waals surface area contributed by atoms with E-state index < -0.39 is 5.60 Å². The molecule has 0 aliphatic carbocycles. The van der Waals surface area contributed by atoms with Crippen molar-refractivity contribution in [1.29, 1.82) is 0 Å². The quantitative estimate of drug-likeness (QED) is 0.741. The Morgan fingerprint density at radius 1 is 1.04 bits per heavy atom. The molecule has 138 valence electrons. The van der Waals surface area contributed by atoms with Crippen LogP contribution in [-0.2, 0) is 4.79 Å². The van der Waals surface area contributed by atoms with Crippen molar-refractivity contribution in [2.24, 2.45) is 0 Å². The van der Waals surface area contributed by atoms with E-state index in [4.69, 9.17) is 27.9 Å². The van der Waals surface area contributed by atoms with Gasteiger partial charge in [0.1, 0.15) is 5.75 Å². The Hall–Kier alpha value is -1.91. The molecular weight excluding hydrogens is 371 g/mol. The first-order valence-corrected chi connectivity index (χ1v) is 9.41. The largest absolute Gasteiger partial charge is 0.478 e. The van der Waals surface area contributed by atoms with Crippen molar-refractivity contribution >= 4 is 40.5 Å². The van der Waals surface area contributed by atoms with Crippen molar-refractivity contribution in [2.45, 2.75) is 32.3 Å². The Bertz CT molecular complexity index is 785. The number of rotatable bonds is 5. The average Bonchev–Trinajstić information content (AvgIpc) is 3.11. The van der Waals surface area contributed by atoms with Gasteiger partial charge in [-0.25, -0.2) is 0 Å². The average molecular weight is 393 g/mol. The maximum atomic E-state index is 12.9. The first kappa shape index (κ1) is 18.9. The van der Waals surface area contributed by atoms with E-state index >= 15 is 0 Å². The molecule has 2 aromatic carbocycles. The van der Waals surface area contributed by atoms with Crippen molar-refractivity contribution in [3.63, 3.8) is 0 Å². The fraction of sp³-hybridized carbons (Fsp3) is 0.350. The van der Waals surface area contributed by atoms with E-state index in [0.29, 0.717) is 21.5 Å². The summed E-state index contributed by atoms with van der Waals surface area (Å²) in [5.74, 6) is 0.343. The van der Waals surface area contributed by atoms with Gasteiger partial charge in [0.25, 0.3) is 5.91 Å². The van der Waals surface area contributed by atoms with Gasteiger partial charge in [-0.2, -0.15) is 0 Å². The highest BCUT2D eigenvalue weighted by atomic mass is 35.5. The third-order valence-electron chi connectivity index (χ3n) is 4.39. The van der Waals surface area contributed by atoms with E-state index in [1.54, 1.807) is 44.2 Å². The topological polar surface area (TPSA) is 41.6 Å². The molecule has 0 saturated carbocycles. The van der Waals surface area contributed by atoms with Gasteiger partial charge in [0, 0.05) is 23.1 Å². The Morgan fingerprint density at radius 2 is 1.65 bits per heavy atom. The number of ether oxygens (including phenoxy) is 1. The number of hydrogen-bond donors (Lipinski definition) is 1. The molecule has 0 spiro atoms. The van der Waals surface area contributed by atoms with Crippen molar-refractivity contribution in [2.75, 3.05) is 23.3 Å². The summed E-state index contributed by atoms with van der Waals surface area (Å²) in [7, 11) is 0. The highest BCUT2D eigenvalue weighted by Gasteiger charge is 2.31. The van der Waals surface area contributed by atoms with E-state index in [1.165, 1.54) is 0 Å². The standard InChI is InChI=1S/C20H22Cl2N2O2/c1-20(2,26-16-8-5-14(21)6-9-16)19(25)23-17-13-15(22)7-10-18(17)24-11-3-4-12-24/h5-10,13H,3-4,11-12H2,1-2H3,(H,23,25). The molecule has 1 aliphatic heterocycles. The Kier molecular flexibility index (Phi) is 5.64. The van der Waals surface area contributed by atoms with Crippen molar-refractivity contribution in [3.05, 3.63) is 52.5 Å². The normalized spacial score (nSPS) is 14.4. The molecule has 1 saturated heterocycles. The van der Waals surface area contributed by atoms with Gasteiger partial charge in [0.15, 0.2) is 5.60 Å². The molecule has 1 aliphatic rings. The third-order valence-corrected chi connectivity index (χ3v) is 4.87. The van der Waals surface area contributed by atoms with Crippen LogP contribution < -0.4 is 15.0 Å². The van der Waals surface area contributed by atoms with Gasteiger partial charge in [0.2, 0.25) is 0 Å². The van der Waals surface area contributed by atoms with Gasteiger partial charge < -0.3 is 15.0 Å².